The predicted octanol–water partition coefficient (Wildman–Crippen LogP) is 1.48. The summed E-state index contributed by atoms with van der Waals surface area (Å²) in [6.07, 6.45) is 6.93. The number of amides is 1. The van der Waals surface area contributed by atoms with Gasteiger partial charge in [-0.1, -0.05) is 6.42 Å². The Kier molecular flexibility index (Phi) is 6.39. The summed E-state index contributed by atoms with van der Waals surface area (Å²) in [5.41, 5.74) is 0.324. The number of hydrogen-bond acceptors (Lipinski definition) is 3. The lowest BCUT2D eigenvalue weighted by Crippen LogP contribution is -2.47. The van der Waals surface area contributed by atoms with E-state index < -0.39 is 0 Å². The second-order valence-corrected chi connectivity index (χ2v) is 5.46. The minimum absolute atomic E-state index is 0. The molecule has 1 saturated heterocycles. The Bertz CT molecular complexity index is 264. The molecular weight excluding hydrogens is 252 g/mol. The molecule has 5 heteroatoms. The van der Waals surface area contributed by atoms with Crippen molar-refractivity contribution in [1.29, 1.82) is 0 Å². The Balaban J connectivity index is 0.00000162. The molecule has 2 fully saturated rings. The lowest BCUT2D eigenvalue weighted by molar-refractivity contribution is -0.123. The number of carbonyl (C=O) groups excluding carboxylic acids is 1. The largest absolute Gasteiger partial charge is 0.385 e. The maximum absolute atomic E-state index is 11.9. The van der Waals surface area contributed by atoms with Crippen molar-refractivity contribution in [3.05, 3.63) is 0 Å². The molecule has 18 heavy (non-hydrogen) atoms. The van der Waals surface area contributed by atoms with Crippen LogP contribution in [0.1, 0.15) is 38.5 Å². The zero-order valence-corrected chi connectivity index (χ0v) is 12.0. The minimum atomic E-state index is 0. The summed E-state index contributed by atoms with van der Waals surface area (Å²) in [6, 6.07) is 0.0505. The summed E-state index contributed by atoms with van der Waals surface area (Å²) < 4.78 is 5.15. The molecule has 1 amide bonds. The van der Waals surface area contributed by atoms with Crippen LogP contribution in [0.4, 0.5) is 0 Å². The number of halogens is 1. The standard InChI is InChI=1S/C13H24N2O2.ClH/c1-17-9-7-13(5-3-6-13)10-15-12(16)11-4-2-8-14-11;/h11,14H,2-10H2,1H3,(H,15,16);1H. The summed E-state index contributed by atoms with van der Waals surface area (Å²) in [6.45, 7) is 2.61. The smallest absolute Gasteiger partial charge is 0.237 e. The molecule has 0 aromatic rings. The van der Waals surface area contributed by atoms with E-state index in [0.717, 1.165) is 39.0 Å². The first-order chi connectivity index (χ1) is 8.26. The third-order valence-electron chi connectivity index (χ3n) is 4.27. The van der Waals surface area contributed by atoms with Crippen LogP contribution < -0.4 is 10.6 Å². The fraction of sp³-hybridized carbons (Fsp3) is 0.923. The van der Waals surface area contributed by atoms with Gasteiger partial charge in [0.25, 0.3) is 0 Å². The Morgan fingerprint density at radius 1 is 1.44 bits per heavy atom. The number of ether oxygens (including phenoxy) is 1. The van der Waals surface area contributed by atoms with E-state index in [1.807, 2.05) is 0 Å². The normalized spacial score (nSPS) is 25.1. The maximum atomic E-state index is 11.9. The number of carbonyl (C=O) groups is 1. The first-order valence-electron chi connectivity index (χ1n) is 6.76. The van der Waals surface area contributed by atoms with Gasteiger partial charge in [0.1, 0.15) is 0 Å². The zero-order valence-electron chi connectivity index (χ0n) is 11.2. The summed E-state index contributed by atoms with van der Waals surface area (Å²) in [4.78, 5) is 11.9. The number of rotatable bonds is 6. The van der Waals surface area contributed by atoms with E-state index in [1.54, 1.807) is 7.11 Å². The number of methoxy groups -OCH3 is 1. The minimum Gasteiger partial charge on any atom is -0.385 e. The van der Waals surface area contributed by atoms with E-state index in [4.69, 9.17) is 4.74 Å². The number of nitrogens with one attached hydrogen (secondary N) is 2. The molecule has 1 saturated carbocycles. The predicted molar refractivity (Wildman–Crippen MR) is 74.1 cm³/mol. The molecule has 0 spiro atoms. The summed E-state index contributed by atoms with van der Waals surface area (Å²) in [5, 5.41) is 6.35. The molecule has 0 aromatic heterocycles. The first kappa shape index (κ1) is 15.7. The lowest BCUT2D eigenvalue weighted by Gasteiger charge is -2.42. The molecule has 1 aliphatic heterocycles. The third-order valence-corrected chi connectivity index (χ3v) is 4.27. The van der Waals surface area contributed by atoms with Crippen molar-refractivity contribution in [2.24, 2.45) is 5.41 Å². The highest BCUT2D eigenvalue weighted by molar-refractivity contribution is 5.85. The van der Waals surface area contributed by atoms with E-state index in [9.17, 15) is 4.79 Å². The quantitative estimate of drug-likeness (QED) is 0.773. The highest BCUT2D eigenvalue weighted by Gasteiger charge is 2.37. The van der Waals surface area contributed by atoms with Crippen LogP contribution >= 0.6 is 12.4 Å². The van der Waals surface area contributed by atoms with Gasteiger partial charge in [0.15, 0.2) is 0 Å². The van der Waals surface area contributed by atoms with Crippen LogP contribution in [-0.4, -0.2) is 38.8 Å². The van der Waals surface area contributed by atoms with Gasteiger partial charge in [0.2, 0.25) is 5.91 Å². The summed E-state index contributed by atoms with van der Waals surface area (Å²) in [7, 11) is 1.74. The van der Waals surface area contributed by atoms with Crippen molar-refractivity contribution in [2.45, 2.75) is 44.6 Å². The molecule has 1 heterocycles. The van der Waals surface area contributed by atoms with Crippen molar-refractivity contribution in [2.75, 3.05) is 26.8 Å². The lowest BCUT2D eigenvalue weighted by atomic mass is 9.66. The van der Waals surface area contributed by atoms with Crippen LogP contribution in [0.2, 0.25) is 0 Å². The molecule has 0 aromatic carbocycles. The van der Waals surface area contributed by atoms with Crippen LogP contribution in [0.25, 0.3) is 0 Å². The zero-order chi connectivity index (χ0) is 12.1. The van der Waals surface area contributed by atoms with Crippen LogP contribution in [0, 0.1) is 5.41 Å². The average Bonchev–Trinajstić information content (AvgIpc) is 2.80. The fourth-order valence-electron chi connectivity index (χ4n) is 2.82. The van der Waals surface area contributed by atoms with Crippen LogP contribution in [0.15, 0.2) is 0 Å². The first-order valence-corrected chi connectivity index (χ1v) is 6.76. The fourth-order valence-corrected chi connectivity index (χ4v) is 2.82. The van der Waals surface area contributed by atoms with Gasteiger partial charge in [-0.25, -0.2) is 0 Å². The third kappa shape index (κ3) is 3.84. The topological polar surface area (TPSA) is 50.4 Å². The van der Waals surface area contributed by atoms with E-state index in [0.29, 0.717) is 5.41 Å². The van der Waals surface area contributed by atoms with Crippen LogP contribution in [0.3, 0.4) is 0 Å². The van der Waals surface area contributed by atoms with E-state index in [-0.39, 0.29) is 24.4 Å². The van der Waals surface area contributed by atoms with Crippen LogP contribution in [0.5, 0.6) is 0 Å². The molecule has 106 valence electrons. The Hall–Kier alpha value is -0.320. The SMILES string of the molecule is COCCC1(CNC(=O)C2CCCN2)CCC1.Cl. The van der Waals surface area contributed by atoms with E-state index >= 15 is 0 Å². The molecule has 0 bridgehead atoms. The van der Waals surface area contributed by atoms with Crippen molar-refractivity contribution in [3.63, 3.8) is 0 Å². The highest BCUT2D eigenvalue weighted by Crippen LogP contribution is 2.43. The second kappa shape index (κ2) is 7.31. The van der Waals surface area contributed by atoms with Gasteiger partial charge in [-0.05, 0) is 44.1 Å². The van der Waals surface area contributed by atoms with E-state index in [1.165, 1.54) is 19.3 Å². The number of hydrogen-bond donors (Lipinski definition) is 2. The van der Waals surface area contributed by atoms with Crippen molar-refractivity contribution in [3.8, 4) is 0 Å². The van der Waals surface area contributed by atoms with Gasteiger partial charge in [-0.15, -0.1) is 12.4 Å². The Morgan fingerprint density at radius 2 is 2.22 bits per heavy atom. The molecule has 0 radical (unpaired) electrons. The van der Waals surface area contributed by atoms with Gasteiger partial charge in [-0.2, -0.15) is 0 Å². The molecule has 1 unspecified atom stereocenters. The maximum Gasteiger partial charge on any atom is 0.237 e. The average molecular weight is 277 g/mol. The highest BCUT2D eigenvalue weighted by atomic mass is 35.5. The van der Waals surface area contributed by atoms with Gasteiger partial charge in [0, 0.05) is 20.3 Å². The van der Waals surface area contributed by atoms with Crippen molar-refractivity contribution >= 4 is 18.3 Å². The van der Waals surface area contributed by atoms with Crippen molar-refractivity contribution < 1.29 is 9.53 Å². The Labute approximate surface area is 116 Å². The molecule has 1 aliphatic carbocycles. The van der Waals surface area contributed by atoms with Gasteiger partial charge in [-0.3, -0.25) is 4.79 Å². The van der Waals surface area contributed by atoms with Gasteiger partial charge >= 0.3 is 0 Å². The monoisotopic (exact) mass is 276 g/mol. The molecule has 1 atom stereocenters. The Morgan fingerprint density at radius 3 is 2.72 bits per heavy atom. The van der Waals surface area contributed by atoms with Crippen molar-refractivity contribution in [1.82, 2.24) is 10.6 Å². The summed E-state index contributed by atoms with van der Waals surface area (Å²) >= 11 is 0. The molecule has 2 rings (SSSR count). The summed E-state index contributed by atoms with van der Waals surface area (Å²) in [5.74, 6) is 0.186. The molecule has 4 nitrogen and oxygen atoms in total. The molecule has 2 N–H and O–H groups in total. The second-order valence-electron chi connectivity index (χ2n) is 5.46. The van der Waals surface area contributed by atoms with Gasteiger partial charge < -0.3 is 15.4 Å². The van der Waals surface area contributed by atoms with Crippen LogP contribution in [-0.2, 0) is 9.53 Å². The van der Waals surface area contributed by atoms with Gasteiger partial charge in [0.05, 0.1) is 6.04 Å². The van der Waals surface area contributed by atoms with E-state index in [2.05, 4.69) is 10.6 Å². The molecular formula is C13H25ClN2O2. The molecule has 2 aliphatic rings.